The smallest absolute Gasteiger partial charge is 0.319 e. The highest BCUT2D eigenvalue weighted by molar-refractivity contribution is 6.03. The molecule has 0 bridgehead atoms. The van der Waals surface area contributed by atoms with Crippen LogP contribution in [0.1, 0.15) is 130 Å². The molecule has 3 nitrogen and oxygen atoms in total. The van der Waals surface area contributed by atoms with Crippen molar-refractivity contribution in [2.45, 2.75) is 130 Å². The lowest BCUT2D eigenvalue weighted by Crippen LogP contribution is -2.44. The highest BCUT2D eigenvalue weighted by Crippen LogP contribution is 2.47. The van der Waals surface area contributed by atoms with E-state index in [4.69, 9.17) is 4.74 Å². The minimum Gasteiger partial charge on any atom is -0.465 e. The van der Waals surface area contributed by atoms with Crippen LogP contribution in [0.5, 0.6) is 0 Å². The Morgan fingerprint density at radius 3 is 1.94 bits per heavy atom. The Labute approximate surface area is 197 Å². The standard InChI is InChI=1S/C29H50O3/c1-4-6-7-8-9-10-22-11-13-23(14-12-22)24-15-17-25(18-16-24)26-19-20-29(3,27(30)21-26)28(31)32-5-2/h22-26H,4-21H2,1-3H3/t22-,23-,24?,25?,26?,29-/m0/s1. The topological polar surface area (TPSA) is 43.4 Å². The van der Waals surface area contributed by atoms with Crippen LogP contribution in [0.2, 0.25) is 0 Å². The first-order valence-corrected chi connectivity index (χ1v) is 14.2. The molecule has 0 amide bonds. The number of ether oxygens (including phenoxy) is 1. The van der Waals surface area contributed by atoms with Crippen LogP contribution in [-0.4, -0.2) is 18.4 Å². The van der Waals surface area contributed by atoms with Gasteiger partial charge in [-0.15, -0.1) is 0 Å². The SMILES string of the molecule is CCCCCCC[C@H]1CC[C@H](C2CCC(C3CC[C@](C)(C(=O)OCC)C(=O)C3)CC2)CC1. The summed E-state index contributed by atoms with van der Waals surface area (Å²) >= 11 is 0. The Morgan fingerprint density at radius 1 is 0.812 bits per heavy atom. The fourth-order valence-corrected chi connectivity index (χ4v) is 7.16. The molecule has 0 radical (unpaired) electrons. The second kappa shape index (κ2) is 12.6. The molecule has 0 saturated heterocycles. The number of rotatable bonds is 10. The minimum absolute atomic E-state index is 0.127. The predicted octanol–water partition coefficient (Wildman–Crippen LogP) is 7.90. The predicted molar refractivity (Wildman–Crippen MR) is 131 cm³/mol. The second-order valence-corrected chi connectivity index (χ2v) is 11.6. The molecule has 3 aliphatic carbocycles. The van der Waals surface area contributed by atoms with Crippen LogP contribution in [0.3, 0.4) is 0 Å². The summed E-state index contributed by atoms with van der Waals surface area (Å²) in [4.78, 5) is 25.2. The van der Waals surface area contributed by atoms with Crippen LogP contribution in [-0.2, 0) is 14.3 Å². The lowest BCUT2D eigenvalue weighted by molar-refractivity contribution is -0.162. The number of Topliss-reactive ketones (excluding diaryl/α,β-unsaturated/α-hetero) is 1. The highest BCUT2D eigenvalue weighted by atomic mass is 16.5. The van der Waals surface area contributed by atoms with E-state index < -0.39 is 5.41 Å². The zero-order valence-electron chi connectivity index (χ0n) is 21.3. The average Bonchev–Trinajstić information content (AvgIpc) is 2.81. The van der Waals surface area contributed by atoms with E-state index in [9.17, 15) is 9.59 Å². The Kier molecular flexibility index (Phi) is 10.1. The van der Waals surface area contributed by atoms with E-state index in [1.54, 1.807) is 0 Å². The number of esters is 1. The van der Waals surface area contributed by atoms with Gasteiger partial charge >= 0.3 is 5.97 Å². The molecule has 3 heteroatoms. The molecule has 32 heavy (non-hydrogen) atoms. The first kappa shape index (κ1) is 25.8. The third kappa shape index (κ3) is 6.60. The van der Waals surface area contributed by atoms with Crippen molar-refractivity contribution in [2.75, 3.05) is 6.61 Å². The van der Waals surface area contributed by atoms with Gasteiger partial charge in [0.25, 0.3) is 0 Å². The minimum atomic E-state index is -0.891. The zero-order chi connectivity index (χ0) is 23.0. The van der Waals surface area contributed by atoms with Gasteiger partial charge in [0.05, 0.1) is 6.61 Å². The van der Waals surface area contributed by atoms with Crippen molar-refractivity contribution >= 4 is 11.8 Å². The van der Waals surface area contributed by atoms with E-state index in [0.717, 1.165) is 24.2 Å². The van der Waals surface area contributed by atoms with Gasteiger partial charge in [0, 0.05) is 6.42 Å². The molecule has 0 aromatic carbocycles. The van der Waals surface area contributed by atoms with E-state index in [-0.39, 0.29) is 11.8 Å². The average molecular weight is 447 g/mol. The van der Waals surface area contributed by atoms with Crippen LogP contribution in [0, 0.1) is 35.0 Å². The molecule has 2 atom stereocenters. The van der Waals surface area contributed by atoms with Gasteiger partial charge in [-0.1, -0.05) is 58.3 Å². The second-order valence-electron chi connectivity index (χ2n) is 11.6. The largest absolute Gasteiger partial charge is 0.465 e. The molecule has 0 heterocycles. The van der Waals surface area contributed by atoms with Crippen LogP contribution < -0.4 is 0 Å². The summed E-state index contributed by atoms with van der Waals surface area (Å²) in [6.45, 7) is 6.28. The van der Waals surface area contributed by atoms with Crippen LogP contribution >= 0.6 is 0 Å². The molecule has 3 rings (SSSR count). The monoisotopic (exact) mass is 446 g/mol. The fourth-order valence-electron chi connectivity index (χ4n) is 7.16. The zero-order valence-corrected chi connectivity index (χ0v) is 21.3. The number of carbonyl (C=O) groups excluding carboxylic acids is 2. The Morgan fingerprint density at radius 2 is 1.38 bits per heavy atom. The summed E-state index contributed by atoms with van der Waals surface area (Å²) in [5, 5.41) is 0. The van der Waals surface area contributed by atoms with Gasteiger partial charge in [0.1, 0.15) is 11.2 Å². The summed E-state index contributed by atoms with van der Waals surface area (Å²) in [7, 11) is 0. The molecule has 1 unspecified atom stereocenters. The number of hydrogen-bond acceptors (Lipinski definition) is 3. The maximum absolute atomic E-state index is 12.9. The molecule has 0 spiro atoms. The van der Waals surface area contributed by atoms with Crippen molar-refractivity contribution in [3.63, 3.8) is 0 Å². The lowest BCUT2D eigenvalue weighted by Gasteiger charge is -2.42. The first-order chi connectivity index (χ1) is 15.5. The molecular weight excluding hydrogens is 396 g/mol. The van der Waals surface area contributed by atoms with E-state index in [2.05, 4.69) is 6.92 Å². The third-order valence-electron chi connectivity index (χ3n) is 9.56. The molecule has 184 valence electrons. The molecule has 0 N–H and O–H groups in total. The maximum atomic E-state index is 12.9. The van der Waals surface area contributed by atoms with E-state index >= 15 is 0 Å². The molecule has 0 aromatic heterocycles. The van der Waals surface area contributed by atoms with Crippen molar-refractivity contribution in [3.8, 4) is 0 Å². The van der Waals surface area contributed by atoms with Crippen molar-refractivity contribution in [3.05, 3.63) is 0 Å². The van der Waals surface area contributed by atoms with Gasteiger partial charge in [0.2, 0.25) is 0 Å². The molecule has 3 saturated carbocycles. The van der Waals surface area contributed by atoms with E-state index in [0.29, 0.717) is 31.3 Å². The van der Waals surface area contributed by atoms with Gasteiger partial charge in [-0.25, -0.2) is 0 Å². The van der Waals surface area contributed by atoms with E-state index in [1.165, 1.54) is 89.9 Å². The number of hydrogen-bond donors (Lipinski definition) is 0. The van der Waals surface area contributed by atoms with Crippen LogP contribution in [0.25, 0.3) is 0 Å². The maximum Gasteiger partial charge on any atom is 0.319 e. The number of ketones is 1. The van der Waals surface area contributed by atoms with E-state index in [1.807, 2.05) is 13.8 Å². The van der Waals surface area contributed by atoms with Gasteiger partial charge in [-0.2, -0.15) is 0 Å². The summed E-state index contributed by atoms with van der Waals surface area (Å²) in [6, 6.07) is 0. The van der Waals surface area contributed by atoms with Gasteiger partial charge in [-0.05, 0) is 94.8 Å². The molecule has 3 aliphatic rings. The van der Waals surface area contributed by atoms with Gasteiger partial charge < -0.3 is 4.74 Å². The van der Waals surface area contributed by atoms with Crippen LogP contribution in [0.4, 0.5) is 0 Å². The van der Waals surface area contributed by atoms with Crippen molar-refractivity contribution in [1.29, 1.82) is 0 Å². The van der Waals surface area contributed by atoms with Crippen LogP contribution in [0.15, 0.2) is 0 Å². The molecule has 3 fully saturated rings. The van der Waals surface area contributed by atoms with Crippen molar-refractivity contribution in [1.82, 2.24) is 0 Å². The molecule has 0 aliphatic heterocycles. The summed E-state index contributed by atoms with van der Waals surface area (Å²) in [6.07, 6.45) is 22.1. The summed E-state index contributed by atoms with van der Waals surface area (Å²) in [5.74, 6) is 3.92. The summed E-state index contributed by atoms with van der Waals surface area (Å²) < 4.78 is 5.20. The Hall–Kier alpha value is -0.860. The number of carbonyl (C=O) groups is 2. The molecule has 0 aromatic rings. The molecular formula is C29H50O3. The Bertz CT molecular complexity index is 583. The van der Waals surface area contributed by atoms with Gasteiger partial charge in [-0.3, -0.25) is 9.59 Å². The lowest BCUT2D eigenvalue weighted by atomic mass is 9.62. The number of unbranched alkanes of at least 4 members (excludes halogenated alkanes) is 4. The van der Waals surface area contributed by atoms with Crippen molar-refractivity contribution < 1.29 is 14.3 Å². The third-order valence-corrected chi connectivity index (χ3v) is 9.56. The summed E-state index contributed by atoms with van der Waals surface area (Å²) in [5.41, 5.74) is -0.891. The first-order valence-electron chi connectivity index (χ1n) is 14.2. The Balaban J connectivity index is 1.35. The van der Waals surface area contributed by atoms with Gasteiger partial charge in [0.15, 0.2) is 0 Å². The fraction of sp³-hybridized carbons (Fsp3) is 0.931. The highest BCUT2D eigenvalue weighted by Gasteiger charge is 2.47. The normalized spacial score (nSPS) is 36.1. The van der Waals surface area contributed by atoms with Crippen molar-refractivity contribution in [2.24, 2.45) is 35.0 Å². The quantitative estimate of drug-likeness (QED) is 0.194.